The predicted molar refractivity (Wildman–Crippen MR) is 108 cm³/mol. The molecule has 1 aliphatic heterocycles. The number of hydrogen-bond acceptors (Lipinski definition) is 4. The summed E-state index contributed by atoms with van der Waals surface area (Å²) in [6, 6.07) is 14.8. The SMILES string of the molecule is CC(=O)Nc1ccc(CN2CCN(Cc3ccc(F)cc3)[C@@H](CCO)C2)cc1. The molecule has 0 unspecified atom stereocenters. The number of anilines is 1. The van der Waals surface area contributed by atoms with Gasteiger partial charge < -0.3 is 10.4 Å². The van der Waals surface area contributed by atoms with E-state index in [2.05, 4.69) is 15.1 Å². The number of hydrogen-bond donors (Lipinski definition) is 2. The predicted octanol–water partition coefficient (Wildman–Crippen LogP) is 2.85. The Morgan fingerprint density at radius 2 is 1.71 bits per heavy atom. The van der Waals surface area contributed by atoms with E-state index in [4.69, 9.17) is 0 Å². The Bertz CT molecular complexity index is 764. The average molecular weight is 385 g/mol. The molecule has 1 amide bonds. The van der Waals surface area contributed by atoms with E-state index in [1.165, 1.54) is 24.6 Å². The van der Waals surface area contributed by atoms with Gasteiger partial charge in [-0.1, -0.05) is 24.3 Å². The normalized spacial score (nSPS) is 18.2. The van der Waals surface area contributed by atoms with Crippen LogP contribution in [0.5, 0.6) is 0 Å². The molecule has 1 atom stereocenters. The molecule has 2 aromatic rings. The van der Waals surface area contributed by atoms with Gasteiger partial charge in [-0.3, -0.25) is 14.6 Å². The fourth-order valence-electron chi connectivity index (χ4n) is 3.71. The van der Waals surface area contributed by atoms with Gasteiger partial charge in [-0.2, -0.15) is 0 Å². The maximum absolute atomic E-state index is 13.1. The Hall–Kier alpha value is -2.28. The van der Waals surface area contributed by atoms with Crippen molar-refractivity contribution in [1.82, 2.24) is 9.80 Å². The zero-order valence-corrected chi connectivity index (χ0v) is 16.3. The molecule has 1 heterocycles. The average Bonchev–Trinajstić information content (AvgIpc) is 2.67. The first-order valence-corrected chi connectivity index (χ1v) is 9.72. The van der Waals surface area contributed by atoms with Crippen molar-refractivity contribution in [3.63, 3.8) is 0 Å². The molecule has 0 aliphatic carbocycles. The van der Waals surface area contributed by atoms with E-state index in [1.54, 1.807) is 0 Å². The Kier molecular flexibility index (Phi) is 7.14. The van der Waals surface area contributed by atoms with Gasteiger partial charge in [0.05, 0.1) is 0 Å². The third-order valence-corrected chi connectivity index (χ3v) is 5.13. The van der Waals surface area contributed by atoms with Gasteiger partial charge in [0.2, 0.25) is 5.91 Å². The summed E-state index contributed by atoms with van der Waals surface area (Å²) in [6.07, 6.45) is 0.721. The van der Waals surface area contributed by atoms with E-state index in [9.17, 15) is 14.3 Å². The molecule has 0 saturated carbocycles. The molecule has 1 aliphatic rings. The van der Waals surface area contributed by atoms with E-state index in [0.717, 1.165) is 50.4 Å². The van der Waals surface area contributed by atoms with E-state index < -0.39 is 0 Å². The highest BCUT2D eigenvalue weighted by Crippen LogP contribution is 2.19. The Morgan fingerprint density at radius 3 is 2.36 bits per heavy atom. The van der Waals surface area contributed by atoms with Crippen LogP contribution in [-0.4, -0.2) is 53.1 Å². The van der Waals surface area contributed by atoms with Crippen molar-refractivity contribution >= 4 is 11.6 Å². The molecule has 5 nitrogen and oxygen atoms in total. The number of aliphatic hydroxyl groups is 1. The maximum atomic E-state index is 13.1. The summed E-state index contributed by atoms with van der Waals surface area (Å²) in [5.41, 5.74) is 3.09. The first-order valence-electron chi connectivity index (χ1n) is 9.72. The minimum Gasteiger partial charge on any atom is -0.396 e. The first-order chi connectivity index (χ1) is 13.5. The Balaban J connectivity index is 1.58. The van der Waals surface area contributed by atoms with Gasteiger partial charge in [0.1, 0.15) is 5.82 Å². The van der Waals surface area contributed by atoms with Gasteiger partial charge >= 0.3 is 0 Å². The summed E-state index contributed by atoms with van der Waals surface area (Å²) >= 11 is 0. The molecule has 2 N–H and O–H groups in total. The Morgan fingerprint density at radius 1 is 1.07 bits per heavy atom. The summed E-state index contributed by atoms with van der Waals surface area (Å²) in [5.74, 6) is -0.290. The van der Waals surface area contributed by atoms with E-state index in [-0.39, 0.29) is 24.4 Å². The van der Waals surface area contributed by atoms with Crippen LogP contribution in [0.2, 0.25) is 0 Å². The minimum absolute atomic E-state index is 0.0723. The summed E-state index contributed by atoms with van der Waals surface area (Å²) in [4.78, 5) is 15.9. The number of benzene rings is 2. The number of carbonyl (C=O) groups excluding carboxylic acids is 1. The molecule has 28 heavy (non-hydrogen) atoms. The second-order valence-electron chi connectivity index (χ2n) is 7.38. The largest absolute Gasteiger partial charge is 0.396 e. The lowest BCUT2D eigenvalue weighted by molar-refractivity contribution is -0.114. The molecule has 0 bridgehead atoms. The van der Waals surface area contributed by atoms with Gasteiger partial charge in [0.15, 0.2) is 0 Å². The van der Waals surface area contributed by atoms with Crippen LogP contribution in [0.3, 0.4) is 0 Å². The fourth-order valence-corrected chi connectivity index (χ4v) is 3.71. The summed E-state index contributed by atoms with van der Waals surface area (Å²) in [5, 5.41) is 12.3. The van der Waals surface area contributed by atoms with Crippen molar-refractivity contribution in [2.75, 3.05) is 31.6 Å². The van der Waals surface area contributed by atoms with Crippen molar-refractivity contribution in [2.45, 2.75) is 32.5 Å². The van der Waals surface area contributed by atoms with Crippen molar-refractivity contribution in [2.24, 2.45) is 0 Å². The van der Waals surface area contributed by atoms with Crippen LogP contribution in [0.25, 0.3) is 0 Å². The zero-order valence-electron chi connectivity index (χ0n) is 16.3. The quantitative estimate of drug-likeness (QED) is 0.770. The highest BCUT2D eigenvalue weighted by molar-refractivity contribution is 5.88. The number of nitrogens with one attached hydrogen (secondary N) is 1. The number of piperazine rings is 1. The van der Waals surface area contributed by atoms with Crippen molar-refractivity contribution in [1.29, 1.82) is 0 Å². The monoisotopic (exact) mass is 385 g/mol. The van der Waals surface area contributed by atoms with E-state index in [0.29, 0.717) is 0 Å². The van der Waals surface area contributed by atoms with Crippen LogP contribution in [0.4, 0.5) is 10.1 Å². The lowest BCUT2D eigenvalue weighted by atomic mass is 10.1. The first kappa shape index (κ1) is 20.5. The number of amides is 1. The molecule has 3 rings (SSSR count). The highest BCUT2D eigenvalue weighted by Gasteiger charge is 2.26. The molecule has 0 aromatic heterocycles. The van der Waals surface area contributed by atoms with Gasteiger partial charge in [-0.25, -0.2) is 4.39 Å². The number of carbonyl (C=O) groups is 1. The van der Waals surface area contributed by atoms with E-state index in [1.807, 2.05) is 36.4 Å². The second kappa shape index (κ2) is 9.78. The molecule has 2 aromatic carbocycles. The van der Waals surface area contributed by atoms with Crippen LogP contribution in [0.15, 0.2) is 48.5 Å². The van der Waals surface area contributed by atoms with Gasteiger partial charge in [-0.05, 0) is 41.8 Å². The number of nitrogens with zero attached hydrogens (tertiary/aromatic N) is 2. The third-order valence-electron chi connectivity index (χ3n) is 5.13. The summed E-state index contributed by atoms with van der Waals surface area (Å²) in [6.45, 7) is 6.00. The number of aliphatic hydroxyl groups excluding tert-OH is 1. The molecule has 0 radical (unpaired) electrons. The highest BCUT2D eigenvalue weighted by atomic mass is 19.1. The molecule has 1 saturated heterocycles. The number of halogens is 1. The lowest BCUT2D eigenvalue weighted by Crippen LogP contribution is -2.52. The molecule has 6 heteroatoms. The molecule has 150 valence electrons. The standard InChI is InChI=1S/C22H28FN3O2/c1-17(28)24-21-8-4-18(5-9-21)14-25-11-12-26(22(16-25)10-13-27)15-19-2-6-20(23)7-3-19/h2-9,22,27H,10-16H2,1H3,(H,24,28)/t22-/m0/s1. The van der Waals surface area contributed by atoms with Crippen LogP contribution in [0.1, 0.15) is 24.5 Å². The minimum atomic E-state index is -0.218. The van der Waals surface area contributed by atoms with Gasteiger partial charge in [0, 0.05) is 58.0 Å². The lowest BCUT2D eigenvalue weighted by Gasteiger charge is -2.41. The second-order valence-corrected chi connectivity index (χ2v) is 7.38. The van der Waals surface area contributed by atoms with Gasteiger partial charge in [0.25, 0.3) is 0 Å². The maximum Gasteiger partial charge on any atom is 0.221 e. The summed E-state index contributed by atoms with van der Waals surface area (Å²) < 4.78 is 13.1. The van der Waals surface area contributed by atoms with Crippen LogP contribution in [0, 0.1) is 5.82 Å². The van der Waals surface area contributed by atoms with Gasteiger partial charge in [-0.15, -0.1) is 0 Å². The third kappa shape index (κ3) is 5.86. The molecular weight excluding hydrogens is 357 g/mol. The molecular formula is C22H28FN3O2. The molecule has 0 spiro atoms. The van der Waals surface area contributed by atoms with Crippen LogP contribution < -0.4 is 5.32 Å². The zero-order chi connectivity index (χ0) is 19.9. The topological polar surface area (TPSA) is 55.8 Å². The summed E-state index contributed by atoms with van der Waals surface area (Å²) in [7, 11) is 0. The van der Waals surface area contributed by atoms with Crippen LogP contribution >= 0.6 is 0 Å². The van der Waals surface area contributed by atoms with Crippen molar-refractivity contribution in [3.8, 4) is 0 Å². The smallest absolute Gasteiger partial charge is 0.221 e. The number of rotatable bonds is 7. The Labute approximate surface area is 165 Å². The van der Waals surface area contributed by atoms with E-state index >= 15 is 0 Å². The fraction of sp³-hybridized carbons (Fsp3) is 0.409. The van der Waals surface area contributed by atoms with Crippen molar-refractivity contribution in [3.05, 3.63) is 65.5 Å². The molecule has 1 fully saturated rings. The van der Waals surface area contributed by atoms with Crippen molar-refractivity contribution < 1.29 is 14.3 Å². The van der Waals surface area contributed by atoms with Crippen LogP contribution in [-0.2, 0) is 17.9 Å².